The van der Waals surface area contributed by atoms with Gasteiger partial charge in [0.2, 0.25) is 5.91 Å². The summed E-state index contributed by atoms with van der Waals surface area (Å²) in [6, 6.07) is 3.33. The Balaban J connectivity index is 2.11. The molecule has 5 nitrogen and oxygen atoms in total. The molecular formula is C12H18N2O3S2. The molecule has 1 saturated heterocycles. The predicted octanol–water partition coefficient (Wildman–Crippen LogP) is 1.28. The first-order valence-electron chi connectivity index (χ1n) is 6.37. The van der Waals surface area contributed by atoms with Crippen LogP contribution in [0.15, 0.2) is 21.7 Å². The molecule has 2 heterocycles. The maximum atomic E-state index is 12.4. The molecule has 0 aliphatic carbocycles. The van der Waals surface area contributed by atoms with Gasteiger partial charge in [0.15, 0.2) is 0 Å². The molecule has 1 unspecified atom stereocenters. The summed E-state index contributed by atoms with van der Waals surface area (Å²) in [5.74, 6) is -0.281. The number of nitrogens with one attached hydrogen (secondary N) is 1. The van der Waals surface area contributed by atoms with Crippen LogP contribution in [-0.2, 0) is 14.8 Å². The van der Waals surface area contributed by atoms with Crippen molar-refractivity contribution in [2.75, 3.05) is 19.6 Å². The highest BCUT2D eigenvalue weighted by Crippen LogP contribution is 2.26. The highest BCUT2D eigenvalue weighted by Gasteiger charge is 2.33. The molecule has 19 heavy (non-hydrogen) atoms. The molecule has 1 N–H and O–H groups in total. The lowest BCUT2D eigenvalue weighted by Crippen LogP contribution is -2.45. The summed E-state index contributed by atoms with van der Waals surface area (Å²) in [4.78, 5) is 11.8. The molecule has 2 rings (SSSR count). The smallest absolute Gasteiger partial charge is 0.252 e. The van der Waals surface area contributed by atoms with E-state index in [0.29, 0.717) is 17.3 Å². The van der Waals surface area contributed by atoms with Gasteiger partial charge in [-0.15, -0.1) is 11.3 Å². The Bertz CT molecular complexity index is 525. The van der Waals surface area contributed by atoms with Crippen LogP contribution in [0.1, 0.15) is 19.8 Å². The third-order valence-corrected chi connectivity index (χ3v) is 6.43. The molecular weight excluding hydrogens is 284 g/mol. The van der Waals surface area contributed by atoms with E-state index in [2.05, 4.69) is 5.32 Å². The molecule has 0 saturated carbocycles. The summed E-state index contributed by atoms with van der Waals surface area (Å²) in [5, 5.41) is 4.51. The van der Waals surface area contributed by atoms with Crippen molar-refractivity contribution in [2.45, 2.75) is 24.0 Å². The van der Waals surface area contributed by atoms with Crippen LogP contribution in [0.3, 0.4) is 0 Å². The SMILES string of the molecule is CCNC(=O)C1CCCN(S(=O)(=O)c2cccs2)C1. The van der Waals surface area contributed by atoms with Crippen molar-refractivity contribution in [1.29, 1.82) is 0 Å². The number of piperidine rings is 1. The summed E-state index contributed by atoms with van der Waals surface area (Å²) >= 11 is 1.21. The largest absolute Gasteiger partial charge is 0.356 e. The van der Waals surface area contributed by atoms with Gasteiger partial charge in [0.1, 0.15) is 4.21 Å². The van der Waals surface area contributed by atoms with Crippen molar-refractivity contribution >= 4 is 27.3 Å². The first-order valence-corrected chi connectivity index (χ1v) is 8.69. The van der Waals surface area contributed by atoms with Gasteiger partial charge in [-0.2, -0.15) is 4.31 Å². The van der Waals surface area contributed by atoms with Gasteiger partial charge in [-0.3, -0.25) is 4.79 Å². The molecule has 1 aliphatic rings. The number of thiophene rings is 1. The molecule has 1 aromatic rings. The second-order valence-corrected chi connectivity index (χ2v) is 7.64. The van der Waals surface area contributed by atoms with E-state index in [1.165, 1.54) is 15.6 Å². The maximum absolute atomic E-state index is 12.4. The number of carbonyl (C=O) groups is 1. The molecule has 0 bridgehead atoms. The Hall–Kier alpha value is -0.920. The van der Waals surface area contributed by atoms with Crippen LogP contribution in [0.5, 0.6) is 0 Å². The molecule has 106 valence electrons. The van der Waals surface area contributed by atoms with E-state index in [1.807, 2.05) is 6.92 Å². The monoisotopic (exact) mass is 302 g/mol. The zero-order chi connectivity index (χ0) is 13.9. The third-order valence-electron chi connectivity index (χ3n) is 3.20. The Morgan fingerprint density at radius 1 is 1.58 bits per heavy atom. The number of nitrogens with zero attached hydrogens (tertiary/aromatic N) is 1. The Labute approximate surface area is 117 Å². The van der Waals surface area contributed by atoms with Gasteiger partial charge in [-0.05, 0) is 31.2 Å². The van der Waals surface area contributed by atoms with Crippen molar-refractivity contribution in [1.82, 2.24) is 9.62 Å². The van der Waals surface area contributed by atoms with Crippen molar-refractivity contribution in [3.05, 3.63) is 17.5 Å². The average molecular weight is 302 g/mol. The predicted molar refractivity (Wildman–Crippen MR) is 74.5 cm³/mol. The lowest BCUT2D eigenvalue weighted by atomic mass is 9.99. The fourth-order valence-electron chi connectivity index (χ4n) is 2.23. The van der Waals surface area contributed by atoms with E-state index in [0.717, 1.165) is 12.8 Å². The summed E-state index contributed by atoms with van der Waals surface area (Å²) < 4.78 is 26.5. The number of sulfonamides is 1. The first kappa shape index (κ1) is 14.5. The minimum atomic E-state index is -3.43. The molecule has 1 atom stereocenters. The van der Waals surface area contributed by atoms with Gasteiger partial charge in [0.05, 0.1) is 5.92 Å². The zero-order valence-corrected chi connectivity index (χ0v) is 12.5. The van der Waals surface area contributed by atoms with Crippen molar-refractivity contribution in [2.24, 2.45) is 5.92 Å². The van der Waals surface area contributed by atoms with Crippen molar-refractivity contribution in [3.8, 4) is 0 Å². The first-order chi connectivity index (χ1) is 9.05. The number of rotatable bonds is 4. The van der Waals surface area contributed by atoms with Gasteiger partial charge in [-0.1, -0.05) is 6.07 Å². The lowest BCUT2D eigenvalue weighted by molar-refractivity contribution is -0.125. The number of hydrogen-bond acceptors (Lipinski definition) is 4. The van der Waals surface area contributed by atoms with Crippen LogP contribution in [0.25, 0.3) is 0 Å². The summed E-state index contributed by atoms with van der Waals surface area (Å²) in [7, 11) is -3.43. The molecule has 0 aromatic carbocycles. The fraction of sp³-hybridized carbons (Fsp3) is 0.583. The molecule has 0 radical (unpaired) electrons. The number of hydrogen-bond donors (Lipinski definition) is 1. The topological polar surface area (TPSA) is 66.5 Å². The van der Waals surface area contributed by atoms with Gasteiger partial charge < -0.3 is 5.32 Å². The van der Waals surface area contributed by atoms with Crippen LogP contribution < -0.4 is 5.32 Å². The molecule has 0 spiro atoms. The van der Waals surface area contributed by atoms with Crippen LogP contribution in [0, 0.1) is 5.92 Å². The highest BCUT2D eigenvalue weighted by atomic mass is 32.2. The van der Waals surface area contributed by atoms with Gasteiger partial charge >= 0.3 is 0 Å². The maximum Gasteiger partial charge on any atom is 0.252 e. The van der Waals surface area contributed by atoms with E-state index in [-0.39, 0.29) is 18.4 Å². The minimum absolute atomic E-state index is 0.0476. The van der Waals surface area contributed by atoms with E-state index in [1.54, 1.807) is 17.5 Å². The van der Waals surface area contributed by atoms with E-state index in [9.17, 15) is 13.2 Å². The van der Waals surface area contributed by atoms with Crippen LogP contribution in [-0.4, -0.2) is 38.3 Å². The molecule has 7 heteroatoms. The molecule has 1 amide bonds. The molecule has 1 fully saturated rings. The standard InChI is InChI=1S/C12H18N2O3S2/c1-2-13-12(15)10-5-3-7-14(9-10)19(16,17)11-6-4-8-18-11/h4,6,8,10H,2-3,5,7,9H2,1H3,(H,13,15). The van der Waals surface area contributed by atoms with Gasteiger partial charge in [0, 0.05) is 19.6 Å². The summed E-state index contributed by atoms with van der Waals surface area (Å²) in [5.41, 5.74) is 0. The van der Waals surface area contributed by atoms with Crippen LogP contribution in [0.2, 0.25) is 0 Å². The van der Waals surface area contributed by atoms with Crippen molar-refractivity contribution in [3.63, 3.8) is 0 Å². The Morgan fingerprint density at radius 2 is 2.37 bits per heavy atom. The second-order valence-electron chi connectivity index (χ2n) is 4.53. The average Bonchev–Trinajstić information content (AvgIpc) is 2.94. The van der Waals surface area contributed by atoms with E-state index < -0.39 is 10.0 Å². The normalized spacial score (nSPS) is 21.2. The van der Waals surface area contributed by atoms with Crippen LogP contribution >= 0.6 is 11.3 Å². The van der Waals surface area contributed by atoms with E-state index in [4.69, 9.17) is 0 Å². The number of amides is 1. The Morgan fingerprint density at radius 3 is 3.00 bits per heavy atom. The summed E-state index contributed by atoms with van der Waals surface area (Å²) in [6.07, 6.45) is 1.48. The fourth-order valence-corrected chi connectivity index (χ4v) is 4.90. The number of carbonyl (C=O) groups excluding carboxylic acids is 1. The van der Waals surface area contributed by atoms with Crippen molar-refractivity contribution < 1.29 is 13.2 Å². The van der Waals surface area contributed by atoms with E-state index >= 15 is 0 Å². The second kappa shape index (κ2) is 6.02. The molecule has 1 aromatic heterocycles. The third kappa shape index (κ3) is 3.16. The Kier molecular flexibility index (Phi) is 4.59. The van der Waals surface area contributed by atoms with Gasteiger partial charge in [0.25, 0.3) is 10.0 Å². The highest BCUT2D eigenvalue weighted by molar-refractivity contribution is 7.91. The minimum Gasteiger partial charge on any atom is -0.356 e. The van der Waals surface area contributed by atoms with Crippen LogP contribution in [0.4, 0.5) is 0 Å². The van der Waals surface area contributed by atoms with Gasteiger partial charge in [-0.25, -0.2) is 8.42 Å². The summed E-state index contributed by atoms with van der Waals surface area (Å²) in [6.45, 7) is 3.22. The quantitative estimate of drug-likeness (QED) is 0.911. The molecule has 1 aliphatic heterocycles. The lowest BCUT2D eigenvalue weighted by Gasteiger charge is -2.30. The zero-order valence-electron chi connectivity index (χ0n) is 10.8.